The third kappa shape index (κ3) is 3.95. The highest BCUT2D eigenvalue weighted by Gasteiger charge is 2.16. The Morgan fingerprint density at radius 3 is 2.29 bits per heavy atom. The molecule has 0 aliphatic heterocycles. The van der Waals surface area contributed by atoms with Gasteiger partial charge in [-0.15, -0.1) is 0 Å². The molecule has 2 aromatic rings. The molecular formula is C17H20FNO2. The van der Waals surface area contributed by atoms with E-state index < -0.39 is 0 Å². The normalized spacial score (nSPS) is 12.6. The van der Waals surface area contributed by atoms with Crippen molar-refractivity contribution in [2.75, 3.05) is 0 Å². The molecule has 2 aromatic carbocycles. The predicted molar refractivity (Wildman–Crippen MR) is 80.6 cm³/mol. The summed E-state index contributed by atoms with van der Waals surface area (Å²) in [6.07, 6.45) is 0. The molecule has 0 spiro atoms. The van der Waals surface area contributed by atoms with E-state index in [2.05, 4.69) is 19.2 Å². The monoisotopic (exact) mass is 289 g/mol. The zero-order valence-corrected chi connectivity index (χ0v) is 12.2. The van der Waals surface area contributed by atoms with Crippen molar-refractivity contribution in [2.45, 2.75) is 26.4 Å². The minimum absolute atomic E-state index is 0.0372. The van der Waals surface area contributed by atoms with E-state index in [-0.39, 0.29) is 23.4 Å². The van der Waals surface area contributed by atoms with Crippen LogP contribution in [0.3, 0.4) is 0 Å². The SMILES string of the molecule is CC(C)C(NCc1ccc(O)cc1O)c1ccc(F)cc1. The number of nitrogens with one attached hydrogen (secondary N) is 1. The van der Waals surface area contributed by atoms with Crippen LogP contribution in [0.1, 0.15) is 31.0 Å². The van der Waals surface area contributed by atoms with Crippen molar-refractivity contribution in [2.24, 2.45) is 5.92 Å². The lowest BCUT2D eigenvalue weighted by atomic mass is 9.95. The molecule has 21 heavy (non-hydrogen) atoms. The Bertz CT molecular complexity index is 596. The highest BCUT2D eigenvalue weighted by molar-refractivity contribution is 5.39. The molecule has 1 atom stereocenters. The summed E-state index contributed by atoms with van der Waals surface area (Å²) in [4.78, 5) is 0. The van der Waals surface area contributed by atoms with Crippen molar-refractivity contribution in [3.63, 3.8) is 0 Å². The first-order chi connectivity index (χ1) is 9.97. The van der Waals surface area contributed by atoms with Crippen molar-refractivity contribution >= 4 is 0 Å². The Labute approximate surface area is 124 Å². The van der Waals surface area contributed by atoms with Crippen LogP contribution in [0, 0.1) is 11.7 Å². The Morgan fingerprint density at radius 2 is 1.71 bits per heavy atom. The van der Waals surface area contributed by atoms with Gasteiger partial charge in [-0.25, -0.2) is 4.39 Å². The lowest BCUT2D eigenvalue weighted by Crippen LogP contribution is -2.25. The van der Waals surface area contributed by atoms with Gasteiger partial charge < -0.3 is 15.5 Å². The van der Waals surface area contributed by atoms with E-state index in [4.69, 9.17) is 0 Å². The van der Waals surface area contributed by atoms with Crippen LogP contribution < -0.4 is 5.32 Å². The highest BCUT2D eigenvalue weighted by Crippen LogP contribution is 2.26. The number of phenols is 2. The van der Waals surface area contributed by atoms with Crippen LogP contribution in [0.25, 0.3) is 0 Å². The number of rotatable bonds is 5. The second-order valence-corrected chi connectivity index (χ2v) is 5.47. The van der Waals surface area contributed by atoms with Crippen molar-refractivity contribution in [3.8, 4) is 11.5 Å². The van der Waals surface area contributed by atoms with E-state index in [1.807, 2.05) is 0 Å². The molecular weight excluding hydrogens is 269 g/mol. The van der Waals surface area contributed by atoms with Gasteiger partial charge in [0.2, 0.25) is 0 Å². The zero-order valence-electron chi connectivity index (χ0n) is 12.2. The van der Waals surface area contributed by atoms with Crippen LogP contribution in [-0.4, -0.2) is 10.2 Å². The van der Waals surface area contributed by atoms with Gasteiger partial charge in [-0.05, 0) is 29.7 Å². The van der Waals surface area contributed by atoms with Gasteiger partial charge in [0.05, 0.1) is 0 Å². The molecule has 3 nitrogen and oxygen atoms in total. The summed E-state index contributed by atoms with van der Waals surface area (Å²) in [5.41, 5.74) is 1.71. The minimum Gasteiger partial charge on any atom is -0.508 e. The smallest absolute Gasteiger partial charge is 0.123 e. The van der Waals surface area contributed by atoms with Gasteiger partial charge in [0.25, 0.3) is 0 Å². The number of benzene rings is 2. The molecule has 0 bridgehead atoms. The second-order valence-electron chi connectivity index (χ2n) is 5.47. The Morgan fingerprint density at radius 1 is 1.05 bits per heavy atom. The summed E-state index contributed by atoms with van der Waals surface area (Å²) in [5.74, 6) is 0.159. The number of aromatic hydroxyl groups is 2. The number of hydrogen-bond acceptors (Lipinski definition) is 3. The van der Waals surface area contributed by atoms with Gasteiger partial charge in [-0.1, -0.05) is 32.0 Å². The first-order valence-electron chi connectivity index (χ1n) is 6.97. The molecule has 3 N–H and O–H groups in total. The van der Waals surface area contributed by atoms with Crippen LogP contribution >= 0.6 is 0 Å². The van der Waals surface area contributed by atoms with E-state index in [0.29, 0.717) is 18.0 Å². The predicted octanol–water partition coefficient (Wildman–Crippen LogP) is 3.72. The number of phenolic OH excluding ortho intramolecular Hbond substituents is 2. The fourth-order valence-corrected chi connectivity index (χ4v) is 2.33. The molecule has 0 aliphatic rings. The maximum atomic E-state index is 13.0. The average molecular weight is 289 g/mol. The number of hydrogen-bond donors (Lipinski definition) is 3. The molecule has 0 saturated carbocycles. The molecule has 112 valence electrons. The lowest BCUT2D eigenvalue weighted by Gasteiger charge is -2.23. The first kappa shape index (κ1) is 15.3. The topological polar surface area (TPSA) is 52.5 Å². The zero-order chi connectivity index (χ0) is 15.4. The van der Waals surface area contributed by atoms with Crippen molar-refractivity contribution in [3.05, 3.63) is 59.4 Å². The largest absolute Gasteiger partial charge is 0.508 e. The van der Waals surface area contributed by atoms with Gasteiger partial charge >= 0.3 is 0 Å². The Balaban J connectivity index is 2.12. The van der Waals surface area contributed by atoms with Gasteiger partial charge in [0.1, 0.15) is 17.3 Å². The van der Waals surface area contributed by atoms with Gasteiger partial charge in [-0.3, -0.25) is 0 Å². The lowest BCUT2D eigenvalue weighted by molar-refractivity contribution is 0.400. The number of halogens is 1. The minimum atomic E-state index is -0.252. The maximum absolute atomic E-state index is 13.0. The fourth-order valence-electron chi connectivity index (χ4n) is 2.33. The summed E-state index contributed by atoms with van der Waals surface area (Å²) >= 11 is 0. The fraction of sp³-hybridized carbons (Fsp3) is 0.294. The van der Waals surface area contributed by atoms with Crippen LogP contribution in [0.4, 0.5) is 4.39 Å². The summed E-state index contributed by atoms with van der Waals surface area (Å²) in [7, 11) is 0. The highest BCUT2D eigenvalue weighted by atomic mass is 19.1. The van der Waals surface area contributed by atoms with E-state index >= 15 is 0 Å². The molecule has 0 heterocycles. The third-order valence-corrected chi connectivity index (χ3v) is 3.48. The van der Waals surface area contributed by atoms with Crippen LogP contribution in [0.15, 0.2) is 42.5 Å². The van der Waals surface area contributed by atoms with E-state index in [9.17, 15) is 14.6 Å². The van der Waals surface area contributed by atoms with Crippen LogP contribution in [0.5, 0.6) is 11.5 Å². The van der Waals surface area contributed by atoms with E-state index in [1.165, 1.54) is 18.2 Å². The molecule has 0 radical (unpaired) electrons. The van der Waals surface area contributed by atoms with Crippen molar-refractivity contribution < 1.29 is 14.6 Å². The molecule has 0 amide bonds. The van der Waals surface area contributed by atoms with Gasteiger partial charge in [0, 0.05) is 24.2 Å². The molecule has 0 saturated heterocycles. The Kier molecular flexibility index (Phi) is 4.81. The second kappa shape index (κ2) is 6.59. The van der Waals surface area contributed by atoms with Crippen molar-refractivity contribution in [1.29, 1.82) is 0 Å². The molecule has 0 fully saturated rings. The molecule has 1 unspecified atom stereocenters. The third-order valence-electron chi connectivity index (χ3n) is 3.48. The summed E-state index contributed by atoms with van der Waals surface area (Å²) in [6, 6.07) is 11.0. The Hall–Kier alpha value is -2.07. The quantitative estimate of drug-likeness (QED) is 0.786. The maximum Gasteiger partial charge on any atom is 0.123 e. The van der Waals surface area contributed by atoms with Crippen LogP contribution in [0.2, 0.25) is 0 Å². The summed E-state index contributed by atoms with van der Waals surface area (Å²) in [5, 5.41) is 22.5. The molecule has 4 heteroatoms. The first-order valence-corrected chi connectivity index (χ1v) is 6.97. The summed E-state index contributed by atoms with van der Waals surface area (Å²) < 4.78 is 13.0. The molecule has 0 aliphatic carbocycles. The van der Waals surface area contributed by atoms with Crippen molar-refractivity contribution in [1.82, 2.24) is 5.32 Å². The molecule has 0 aromatic heterocycles. The van der Waals surface area contributed by atoms with Gasteiger partial charge in [-0.2, -0.15) is 0 Å². The molecule has 2 rings (SSSR count). The standard InChI is InChI=1S/C17H20FNO2/c1-11(2)17(12-3-6-14(18)7-4-12)19-10-13-5-8-15(20)9-16(13)21/h3-9,11,17,19-21H,10H2,1-2H3. The summed E-state index contributed by atoms with van der Waals surface area (Å²) in [6.45, 7) is 4.63. The van der Waals surface area contributed by atoms with E-state index in [1.54, 1.807) is 24.3 Å². The van der Waals surface area contributed by atoms with Gasteiger partial charge in [0.15, 0.2) is 0 Å². The van der Waals surface area contributed by atoms with Crippen LogP contribution in [-0.2, 0) is 6.54 Å². The average Bonchev–Trinajstić information content (AvgIpc) is 2.42. The van der Waals surface area contributed by atoms with E-state index in [0.717, 1.165) is 5.56 Å².